The van der Waals surface area contributed by atoms with Crippen molar-refractivity contribution in [1.82, 2.24) is 0 Å². The highest BCUT2D eigenvalue weighted by Crippen LogP contribution is 2.39. The van der Waals surface area contributed by atoms with Crippen LogP contribution < -0.4 is 14.2 Å². The Morgan fingerprint density at radius 2 is 1.65 bits per heavy atom. The van der Waals surface area contributed by atoms with Crippen LogP contribution in [-0.2, 0) is 10.1 Å². The molecule has 0 atom stereocenters. The van der Waals surface area contributed by atoms with Gasteiger partial charge in [0.25, 0.3) is 10.1 Å². The number of unbranched alkanes of at least 4 members (excludes halogenated alkanes) is 1. The van der Waals surface area contributed by atoms with E-state index in [1.54, 1.807) is 12.1 Å². The number of benzene rings is 1. The third kappa shape index (κ3) is 10.9. The third-order valence-electron chi connectivity index (χ3n) is 4.03. The van der Waals surface area contributed by atoms with E-state index in [-0.39, 0.29) is 31.0 Å². The van der Waals surface area contributed by atoms with Gasteiger partial charge in [-0.05, 0) is 49.8 Å². The number of ether oxygens (including phenoxy) is 3. The molecule has 0 spiro atoms. The van der Waals surface area contributed by atoms with Crippen molar-refractivity contribution in [2.75, 3.05) is 32.1 Å². The molecule has 0 amide bonds. The van der Waals surface area contributed by atoms with Crippen molar-refractivity contribution in [3.63, 3.8) is 0 Å². The molecule has 31 heavy (non-hydrogen) atoms. The second kappa shape index (κ2) is 14.5. The van der Waals surface area contributed by atoms with Crippen LogP contribution in [0.1, 0.15) is 62.7 Å². The molecule has 0 heterocycles. The molecule has 0 radical (unpaired) electrons. The molecule has 0 saturated heterocycles. The highest BCUT2D eigenvalue weighted by Gasteiger charge is 2.19. The van der Waals surface area contributed by atoms with Crippen molar-refractivity contribution in [2.45, 2.75) is 52.4 Å². The molecule has 0 unspecified atom stereocenters. The van der Waals surface area contributed by atoms with E-state index < -0.39 is 15.9 Å². The molecule has 11 heteroatoms. The maximum absolute atomic E-state index is 12.7. The Morgan fingerprint density at radius 1 is 1.03 bits per heavy atom. The van der Waals surface area contributed by atoms with Crippen LogP contribution in [0.25, 0.3) is 10.4 Å². The van der Waals surface area contributed by atoms with Gasteiger partial charge in [0.2, 0.25) is 5.75 Å². The topological polar surface area (TPSA) is 148 Å². The standard InChI is InChI=1S/C20H31N3O7S/c1-3-10-28-18-14-16(17(24)8-5-6-9-22-23-21)15-19(20(18)30-11-4-2)29-12-7-13-31(25,26)27/h14-15H,3-13H2,1-2H3,(H,25,26,27). The highest BCUT2D eigenvalue weighted by atomic mass is 32.2. The molecule has 0 aliphatic heterocycles. The number of hydrogen-bond donors (Lipinski definition) is 1. The van der Waals surface area contributed by atoms with Gasteiger partial charge in [0, 0.05) is 23.4 Å². The Labute approximate surface area is 183 Å². The first-order chi connectivity index (χ1) is 14.8. The number of ketones is 1. The molecule has 0 fully saturated rings. The number of azide groups is 1. The Kier molecular flexibility index (Phi) is 12.4. The molecule has 174 valence electrons. The number of carbonyl (C=O) groups is 1. The van der Waals surface area contributed by atoms with Crippen molar-refractivity contribution in [2.24, 2.45) is 5.11 Å². The fourth-order valence-electron chi connectivity index (χ4n) is 2.59. The lowest BCUT2D eigenvalue weighted by Gasteiger charge is -2.18. The zero-order valence-electron chi connectivity index (χ0n) is 18.1. The molecule has 0 aliphatic carbocycles. The number of carbonyl (C=O) groups excluding carboxylic acids is 1. The monoisotopic (exact) mass is 457 g/mol. The van der Waals surface area contributed by atoms with Gasteiger partial charge < -0.3 is 14.2 Å². The first-order valence-corrected chi connectivity index (χ1v) is 12.0. The van der Waals surface area contributed by atoms with Crippen LogP contribution in [0.15, 0.2) is 17.2 Å². The number of hydrogen-bond acceptors (Lipinski definition) is 7. The van der Waals surface area contributed by atoms with Crippen LogP contribution >= 0.6 is 0 Å². The maximum Gasteiger partial charge on any atom is 0.264 e. The molecule has 1 rings (SSSR count). The summed E-state index contributed by atoms with van der Waals surface area (Å²) in [4.78, 5) is 15.4. The number of Topliss-reactive ketones (excluding diaryl/α,β-unsaturated/α-hetero) is 1. The molecule has 1 aromatic rings. The molecule has 0 bridgehead atoms. The third-order valence-corrected chi connectivity index (χ3v) is 4.84. The molecule has 0 saturated carbocycles. The lowest BCUT2D eigenvalue weighted by atomic mass is 10.0. The Bertz CT molecular complexity index is 853. The number of nitrogens with zero attached hydrogens (tertiary/aromatic N) is 3. The summed E-state index contributed by atoms with van der Waals surface area (Å²) in [5.41, 5.74) is 8.70. The summed E-state index contributed by atoms with van der Waals surface area (Å²) in [6, 6.07) is 3.19. The van der Waals surface area contributed by atoms with Crippen LogP contribution in [0, 0.1) is 0 Å². The fourth-order valence-corrected chi connectivity index (χ4v) is 3.07. The van der Waals surface area contributed by atoms with Gasteiger partial charge in [-0.3, -0.25) is 9.35 Å². The van der Waals surface area contributed by atoms with E-state index in [4.69, 9.17) is 24.3 Å². The van der Waals surface area contributed by atoms with E-state index in [2.05, 4.69) is 10.0 Å². The molecule has 10 nitrogen and oxygen atoms in total. The van der Waals surface area contributed by atoms with Crippen molar-refractivity contribution >= 4 is 15.9 Å². The van der Waals surface area contributed by atoms with E-state index in [1.165, 1.54) is 0 Å². The van der Waals surface area contributed by atoms with Crippen LogP contribution in [0.2, 0.25) is 0 Å². The largest absolute Gasteiger partial charge is 0.490 e. The quantitative estimate of drug-likeness (QED) is 0.0898. The minimum absolute atomic E-state index is 0.0132. The van der Waals surface area contributed by atoms with E-state index in [1.807, 2.05) is 13.8 Å². The van der Waals surface area contributed by atoms with E-state index in [9.17, 15) is 13.2 Å². The summed E-state index contributed by atoms with van der Waals surface area (Å²) in [6.07, 6.45) is 3.03. The summed E-state index contributed by atoms with van der Waals surface area (Å²) in [5.74, 6) is 0.491. The SMILES string of the molecule is CCCOc1cc(C(=O)CCCCN=[N+]=[N-])cc(OCCCS(=O)(=O)O)c1OCCC. The first kappa shape index (κ1) is 26.5. The molecule has 0 aromatic heterocycles. The van der Waals surface area contributed by atoms with Crippen LogP contribution in [0.3, 0.4) is 0 Å². The van der Waals surface area contributed by atoms with Crippen LogP contribution in [-0.4, -0.2) is 50.9 Å². The predicted octanol–water partition coefficient (Wildman–Crippen LogP) is 4.58. The van der Waals surface area contributed by atoms with E-state index in [0.29, 0.717) is 49.7 Å². The Balaban J connectivity index is 3.07. The van der Waals surface area contributed by atoms with Gasteiger partial charge in [-0.15, -0.1) is 0 Å². The van der Waals surface area contributed by atoms with Gasteiger partial charge in [-0.1, -0.05) is 19.0 Å². The van der Waals surface area contributed by atoms with Crippen molar-refractivity contribution in [1.29, 1.82) is 0 Å². The van der Waals surface area contributed by atoms with Crippen LogP contribution in [0.4, 0.5) is 0 Å². The summed E-state index contributed by atoms with van der Waals surface area (Å²) in [6.45, 7) is 5.09. The predicted molar refractivity (Wildman–Crippen MR) is 117 cm³/mol. The van der Waals surface area contributed by atoms with Gasteiger partial charge in [0.15, 0.2) is 17.3 Å². The Morgan fingerprint density at radius 3 is 2.23 bits per heavy atom. The zero-order chi connectivity index (χ0) is 23.1. The van der Waals surface area contributed by atoms with Crippen molar-refractivity contribution in [3.8, 4) is 17.2 Å². The second-order valence-corrected chi connectivity index (χ2v) is 8.39. The average molecular weight is 458 g/mol. The van der Waals surface area contributed by atoms with E-state index in [0.717, 1.165) is 12.8 Å². The number of rotatable bonds is 17. The van der Waals surface area contributed by atoms with Gasteiger partial charge in [-0.2, -0.15) is 8.42 Å². The fraction of sp³-hybridized carbons (Fsp3) is 0.650. The van der Waals surface area contributed by atoms with Crippen LogP contribution in [0.5, 0.6) is 17.2 Å². The summed E-state index contributed by atoms with van der Waals surface area (Å²) in [5, 5.41) is 3.45. The summed E-state index contributed by atoms with van der Waals surface area (Å²) >= 11 is 0. The first-order valence-electron chi connectivity index (χ1n) is 10.4. The highest BCUT2D eigenvalue weighted by molar-refractivity contribution is 7.85. The molecular formula is C20H31N3O7S. The molecule has 1 aromatic carbocycles. The molecular weight excluding hydrogens is 426 g/mol. The van der Waals surface area contributed by atoms with Gasteiger partial charge in [0.1, 0.15) is 0 Å². The smallest absolute Gasteiger partial charge is 0.264 e. The average Bonchev–Trinajstić information content (AvgIpc) is 2.73. The maximum atomic E-state index is 12.7. The second-order valence-electron chi connectivity index (χ2n) is 6.82. The molecule has 0 aliphatic rings. The minimum Gasteiger partial charge on any atom is -0.490 e. The lowest BCUT2D eigenvalue weighted by Crippen LogP contribution is -2.11. The van der Waals surface area contributed by atoms with Gasteiger partial charge in [-0.25, -0.2) is 0 Å². The zero-order valence-corrected chi connectivity index (χ0v) is 18.9. The molecule has 1 N–H and O–H groups in total. The normalized spacial score (nSPS) is 10.9. The lowest BCUT2D eigenvalue weighted by molar-refractivity contribution is 0.0978. The Hall–Kier alpha value is -2.49. The summed E-state index contributed by atoms with van der Waals surface area (Å²) in [7, 11) is -4.08. The minimum atomic E-state index is -4.08. The van der Waals surface area contributed by atoms with Gasteiger partial charge >= 0.3 is 0 Å². The van der Waals surface area contributed by atoms with Gasteiger partial charge in [0.05, 0.1) is 25.6 Å². The summed E-state index contributed by atoms with van der Waals surface area (Å²) < 4.78 is 48.0. The van der Waals surface area contributed by atoms with Crippen molar-refractivity contribution in [3.05, 3.63) is 28.1 Å². The van der Waals surface area contributed by atoms with E-state index >= 15 is 0 Å². The van der Waals surface area contributed by atoms with Crippen molar-refractivity contribution < 1.29 is 32.0 Å².